The number of aromatic nitrogens is 2. The van der Waals surface area contributed by atoms with Crippen molar-refractivity contribution in [3.05, 3.63) is 28.0 Å². The van der Waals surface area contributed by atoms with Crippen LogP contribution in [0.2, 0.25) is 0 Å². The predicted molar refractivity (Wildman–Crippen MR) is 70.5 cm³/mol. The molecule has 0 radical (unpaired) electrons. The summed E-state index contributed by atoms with van der Waals surface area (Å²) in [6, 6.07) is 4.14. The van der Waals surface area contributed by atoms with Gasteiger partial charge >= 0.3 is 0 Å². The fourth-order valence-corrected chi connectivity index (χ4v) is 2.38. The van der Waals surface area contributed by atoms with E-state index in [0.717, 1.165) is 27.8 Å². The van der Waals surface area contributed by atoms with E-state index in [9.17, 15) is 0 Å². The van der Waals surface area contributed by atoms with Gasteiger partial charge in [0.05, 0.1) is 11.0 Å². The summed E-state index contributed by atoms with van der Waals surface area (Å²) in [5.74, 6) is 1.48. The van der Waals surface area contributed by atoms with Gasteiger partial charge < -0.3 is 10.7 Å². The van der Waals surface area contributed by atoms with Gasteiger partial charge in [0.15, 0.2) is 0 Å². The Kier molecular flexibility index (Phi) is 3.30. The average molecular weight is 282 g/mol. The lowest BCUT2D eigenvalue weighted by Crippen LogP contribution is -2.13. The van der Waals surface area contributed by atoms with E-state index in [1.165, 1.54) is 5.56 Å². The summed E-state index contributed by atoms with van der Waals surface area (Å²) >= 11 is 3.49. The molecule has 0 aliphatic heterocycles. The molecule has 4 heteroatoms. The number of nitrogens with two attached hydrogens (primary N) is 1. The Morgan fingerprint density at radius 2 is 2.25 bits per heavy atom. The van der Waals surface area contributed by atoms with Gasteiger partial charge in [-0.05, 0) is 37.1 Å². The van der Waals surface area contributed by atoms with Crippen LogP contribution < -0.4 is 5.73 Å². The Hall–Kier alpha value is -0.870. The van der Waals surface area contributed by atoms with E-state index in [-0.39, 0.29) is 0 Å². The molecule has 1 heterocycles. The number of imidazole rings is 1. The quantitative estimate of drug-likeness (QED) is 0.909. The molecule has 0 saturated heterocycles. The molecule has 16 heavy (non-hydrogen) atoms. The summed E-state index contributed by atoms with van der Waals surface area (Å²) in [5.41, 5.74) is 8.95. The maximum Gasteiger partial charge on any atom is 0.107 e. The molecule has 2 aromatic rings. The minimum Gasteiger partial charge on any atom is -0.342 e. The summed E-state index contributed by atoms with van der Waals surface area (Å²) in [6.07, 6.45) is 0.905. The molecule has 86 valence electrons. The minimum absolute atomic E-state index is 0.462. The second-order valence-corrected chi connectivity index (χ2v) is 5.26. The number of fused-ring (bicyclic) bond motifs is 1. The number of nitrogens with zero attached hydrogens (tertiary/aromatic N) is 1. The van der Waals surface area contributed by atoms with Crippen molar-refractivity contribution in [1.29, 1.82) is 0 Å². The van der Waals surface area contributed by atoms with Crippen molar-refractivity contribution in [2.24, 2.45) is 11.7 Å². The van der Waals surface area contributed by atoms with Crippen molar-refractivity contribution in [3.63, 3.8) is 0 Å². The van der Waals surface area contributed by atoms with E-state index in [2.05, 4.69) is 51.9 Å². The van der Waals surface area contributed by atoms with Crippen molar-refractivity contribution in [3.8, 4) is 0 Å². The molecule has 3 N–H and O–H groups in total. The molecule has 0 bridgehead atoms. The first-order valence-electron chi connectivity index (χ1n) is 5.45. The molecule has 0 saturated carbocycles. The first-order valence-corrected chi connectivity index (χ1v) is 6.24. The number of benzene rings is 1. The number of rotatable bonds is 3. The van der Waals surface area contributed by atoms with E-state index < -0.39 is 0 Å². The molecular formula is C12H16BrN3. The predicted octanol–water partition coefficient (Wildman–Crippen LogP) is 2.77. The third-order valence-corrected chi connectivity index (χ3v) is 3.19. The minimum atomic E-state index is 0.462. The molecule has 2 rings (SSSR count). The van der Waals surface area contributed by atoms with E-state index in [0.29, 0.717) is 12.5 Å². The molecule has 3 nitrogen and oxygen atoms in total. The lowest BCUT2D eigenvalue weighted by Gasteiger charge is -2.03. The van der Waals surface area contributed by atoms with Crippen LogP contribution >= 0.6 is 15.9 Å². The second kappa shape index (κ2) is 4.55. The Morgan fingerprint density at radius 1 is 1.50 bits per heavy atom. The highest BCUT2D eigenvalue weighted by molar-refractivity contribution is 9.10. The van der Waals surface area contributed by atoms with Crippen molar-refractivity contribution in [1.82, 2.24) is 9.97 Å². The van der Waals surface area contributed by atoms with Crippen LogP contribution in [0.15, 0.2) is 16.6 Å². The average Bonchev–Trinajstić information content (AvgIpc) is 2.60. The monoisotopic (exact) mass is 281 g/mol. The molecule has 0 aliphatic carbocycles. The first kappa shape index (κ1) is 11.6. The molecule has 1 unspecified atom stereocenters. The van der Waals surface area contributed by atoms with E-state index in [1.807, 2.05) is 0 Å². The van der Waals surface area contributed by atoms with Gasteiger partial charge in [-0.1, -0.05) is 22.9 Å². The number of halogens is 1. The van der Waals surface area contributed by atoms with Gasteiger partial charge in [0.25, 0.3) is 0 Å². The van der Waals surface area contributed by atoms with Crippen LogP contribution in [-0.4, -0.2) is 16.5 Å². The normalized spacial score (nSPS) is 13.2. The number of hydrogen-bond donors (Lipinski definition) is 2. The topological polar surface area (TPSA) is 54.7 Å². The maximum atomic E-state index is 5.62. The van der Waals surface area contributed by atoms with Crippen LogP contribution in [0.5, 0.6) is 0 Å². The summed E-state index contributed by atoms with van der Waals surface area (Å²) in [6.45, 7) is 4.90. The smallest absolute Gasteiger partial charge is 0.107 e. The summed E-state index contributed by atoms with van der Waals surface area (Å²) in [7, 11) is 0. The van der Waals surface area contributed by atoms with Crippen LogP contribution in [0.1, 0.15) is 18.3 Å². The molecule has 0 amide bonds. The summed E-state index contributed by atoms with van der Waals surface area (Å²) < 4.78 is 1.08. The standard InChI is InChI=1S/C12H16BrN3/c1-7(6-14)3-11-15-10-5-9(13)4-8(2)12(10)16-11/h4-5,7H,3,6,14H2,1-2H3,(H,15,16). The number of H-pyrrole nitrogens is 1. The van der Waals surface area contributed by atoms with Crippen LogP contribution in [-0.2, 0) is 6.42 Å². The van der Waals surface area contributed by atoms with Gasteiger partial charge in [0.2, 0.25) is 0 Å². The third kappa shape index (κ3) is 2.28. The van der Waals surface area contributed by atoms with Gasteiger partial charge in [-0.3, -0.25) is 0 Å². The van der Waals surface area contributed by atoms with Gasteiger partial charge in [-0.2, -0.15) is 0 Å². The van der Waals surface area contributed by atoms with Gasteiger partial charge in [-0.15, -0.1) is 0 Å². The Bertz CT molecular complexity index is 504. The molecule has 0 fully saturated rings. The number of hydrogen-bond acceptors (Lipinski definition) is 2. The van der Waals surface area contributed by atoms with Crippen LogP contribution in [0.4, 0.5) is 0 Å². The zero-order valence-electron chi connectivity index (χ0n) is 9.55. The molecule has 1 aromatic heterocycles. The molecule has 1 aromatic carbocycles. The summed E-state index contributed by atoms with van der Waals surface area (Å²) in [5, 5.41) is 0. The van der Waals surface area contributed by atoms with Gasteiger partial charge in [0, 0.05) is 10.9 Å². The van der Waals surface area contributed by atoms with Crippen molar-refractivity contribution in [2.75, 3.05) is 6.54 Å². The third-order valence-electron chi connectivity index (χ3n) is 2.74. The van der Waals surface area contributed by atoms with Gasteiger partial charge in [-0.25, -0.2) is 4.98 Å². The van der Waals surface area contributed by atoms with Crippen molar-refractivity contribution >= 4 is 27.0 Å². The van der Waals surface area contributed by atoms with Crippen molar-refractivity contribution < 1.29 is 0 Å². The maximum absolute atomic E-state index is 5.62. The highest BCUT2D eigenvalue weighted by Crippen LogP contribution is 2.22. The zero-order chi connectivity index (χ0) is 11.7. The van der Waals surface area contributed by atoms with E-state index >= 15 is 0 Å². The van der Waals surface area contributed by atoms with E-state index in [4.69, 9.17) is 5.73 Å². The fraction of sp³-hybridized carbons (Fsp3) is 0.417. The zero-order valence-corrected chi connectivity index (χ0v) is 11.1. The molecular weight excluding hydrogens is 266 g/mol. The first-order chi connectivity index (χ1) is 7.60. The number of aryl methyl sites for hydroxylation is 1. The lowest BCUT2D eigenvalue weighted by atomic mass is 10.1. The van der Waals surface area contributed by atoms with Crippen LogP contribution in [0.3, 0.4) is 0 Å². The SMILES string of the molecule is Cc1cc(Br)cc2[nH]c(CC(C)CN)nc12. The fourth-order valence-electron chi connectivity index (χ4n) is 1.81. The largest absolute Gasteiger partial charge is 0.342 e. The molecule has 0 aliphatic rings. The molecule has 0 spiro atoms. The van der Waals surface area contributed by atoms with E-state index in [1.54, 1.807) is 0 Å². The van der Waals surface area contributed by atoms with Crippen LogP contribution in [0.25, 0.3) is 11.0 Å². The van der Waals surface area contributed by atoms with Crippen molar-refractivity contribution in [2.45, 2.75) is 20.3 Å². The Balaban J connectivity index is 2.40. The number of aromatic amines is 1. The van der Waals surface area contributed by atoms with Gasteiger partial charge in [0.1, 0.15) is 5.82 Å². The molecule has 1 atom stereocenters. The Morgan fingerprint density at radius 3 is 2.94 bits per heavy atom. The Labute approximate surface area is 104 Å². The lowest BCUT2D eigenvalue weighted by molar-refractivity contribution is 0.578. The highest BCUT2D eigenvalue weighted by Gasteiger charge is 2.08. The number of nitrogens with one attached hydrogen (secondary N) is 1. The highest BCUT2D eigenvalue weighted by atomic mass is 79.9. The summed E-state index contributed by atoms with van der Waals surface area (Å²) in [4.78, 5) is 7.96. The van der Waals surface area contributed by atoms with Crippen LogP contribution in [0, 0.1) is 12.8 Å². The second-order valence-electron chi connectivity index (χ2n) is 4.35.